The molecule has 0 bridgehead atoms. The molecule has 3 rings (SSSR count). The molecule has 0 spiro atoms. The number of likely N-dealkylation sites (tertiary alicyclic amines) is 1. The van der Waals surface area contributed by atoms with Gasteiger partial charge in [-0.15, -0.1) is 0 Å². The minimum absolute atomic E-state index is 0.133. The van der Waals surface area contributed by atoms with Crippen LogP contribution in [0, 0.1) is 0 Å². The van der Waals surface area contributed by atoms with Gasteiger partial charge >= 0.3 is 0 Å². The SMILES string of the molecule is Nc1cccc(-c2cccc(C(=O)N3CCCC3)c2)c1. The van der Waals surface area contributed by atoms with E-state index in [-0.39, 0.29) is 5.91 Å². The van der Waals surface area contributed by atoms with Gasteiger partial charge in [-0.2, -0.15) is 0 Å². The topological polar surface area (TPSA) is 46.3 Å². The summed E-state index contributed by atoms with van der Waals surface area (Å²) in [7, 11) is 0. The van der Waals surface area contributed by atoms with Crippen molar-refractivity contribution in [2.24, 2.45) is 0 Å². The second-order valence-corrected chi connectivity index (χ2v) is 5.21. The fraction of sp³-hybridized carbons (Fsp3) is 0.235. The van der Waals surface area contributed by atoms with E-state index in [1.807, 2.05) is 53.4 Å². The minimum Gasteiger partial charge on any atom is -0.399 e. The van der Waals surface area contributed by atoms with Crippen molar-refractivity contribution < 1.29 is 4.79 Å². The summed E-state index contributed by atoms with van der Waals surface area (Å²) in [6.45, 7) is 1.75. The first-order valence-corrected chi connectivity index (χ1v) is 6.99. The predicted octanol–water partition coefficient (Wildman–Crippen LogP) is 3.17. The number of carbonyl (C=O) groups is 1. The van der Waals surface area contributed by atoms with Crippen molar-refractivity contribution in [2.45, 2.75) is 12.8 Å². The maximum Gasteiger partial charge on any atom is 0.253 e. The second-order valence-electron chi connectivity index (χ2n) is 5.21. The number of benzene rings is 2. The Labute approximate surface area is 119 Å². The number of amides is 1. The van der Waals surface area contributed by atoms with Crippen molar-refractivity contribution in [2.75, 3.05) is 18.8 Å². The van der Waals surface area contributed by atoms with Crippen molar-refractivity contribution in [3.05, 3.63) is 54.1 Å². The van der Waals surface area contributed by atoms with E-state index in [1.165, 1.54) is 0 Å². The molecule has 1 aliphatic heterocycles. The second kappa shape index (κ2) is 5.37. The molecule has 1 saturated heterocycles. The average molecular weight is 266 g/mol. The summed E-state index contributed by atoms with van der Waals surface area (Å²) in [5.74, 6) is 0.133. The summed E-state index contributed by atoms with van der Waals surface area (Å²) in [4.78, 5) is 14.3. The van der Waals surface area contributed by atoms with Crippen molar-refractivity contribution in [1.29, 1.82) is 0 Å². The fourth-order valence-corrected chi connectivity index (χ4v) is 2.65. The highest BCUT2D eigenvalue weighted by Gasteiger charge is 2.19. The van der Waals surface area contributed by atoms with E-state index in [0.29, 0.717) is 0 Å². The van der Waals surface area contributed by atoms with Gasteiger partial charge in [-0.05, 0) is 48.2 Å². The molecule has 0 atom stereocenters. The zero-order valence-electron chi connectivity index (χ0n) is 11.4. The van der Waals surface area contributed by atoms with Crippen molar-refractivity contribution in [1.82, 2.24) is 4.90 Å². The van der Waals surface area contributed by atoms with Crippen LogP contribution in [0.1, 0.15) is 23.2 Å². The first-order chi connectivity index (χ1) is 9.74. The van der Waals surface area contributed by atoms with Crippen LogP contribution in [0.25, 0.3) is 11.1 Å². The molecule has 1 amide bonds. The molecule has 102 valence electrons. The quantitative estimate of drug-likeness (QED) is 0.849. The van der Waals surface area contributed by atoms with Gasteiger partial charge in [0.1, 0.15) is 0 Å². The maximum atomic E-state index is 12.4. The van der Waals surface area contributed by atoms with Crippen LogP contribution in [0.15, 0.2) is 48.5 Å². The Bertz CT molecular complexity index is 630. The smallest absolute Gasteiger partial charge is 0.253 e. The summed E-state index contributed by atoms with van der Waals surface area (Å²) in [5, 5.41) is 0. The standard InChI is InChI=1S/C17H18N2O/c18-16-8-4-6-14(12-16)13-5-3-7-15(11-13)17(20)19-9-1-2-10-19/h3-8,11-12H,1-2,9-10,18H2. The number of carbonyl (C=O) groups excluding carboxylic acids is 1. The molecule has 0 radical (unpaired) electrons. The van der Waals surface area contributed by atoms with Crippen LogP contribution in [0.5, 0.6) is 0 Å². The van der Waals surface area contributed by atoms with E-state index in [2.05, 4.69) is 0 Å². The van der Waals surface area contributed by atoms with E-state index < -0.39 is 0 Å². The monoisotopic (exact) mass is 266 g/mol. The van der Waals surface area contributed by atoms with Crippen LogP contribution in [-0.2, 0) is 0 Å². The summed E-state index contributed by atoms with van der Waals surface area (Å²) < 4.78 is 0. The van der Waals surface area contributed by atoms with E-state index >= 15 is 0 Å². The molecule has 0 aliphatic carbocycles. The van der Waals surface area contributed by atoms with Gasteiger partial charge < -0.3 is 10.6 Å². The number of rotatable bonds is 2. The van der Waals surface area contributed by atoms with Crippen LogP contribution in [0.2, 0.25) is 0 Å². The number of nitrogen functional groups attached to an aromatic ring is 1. The van der Waals surface area contributed by atoms with Gasteiger partial charge in [-0.25, -0.2) is 0 Å². The van der Waals surface area contributed by atoms with Crippen molar-refractivity contribution in [3.8, 4) is 11.1 Å². The molecule has 1 fully saturated rings. The third kappa shape index (κ3) is 2.52. The Morgan fingerprint density at radius 3 is 2.30 bits per heavy atom. The van der Waals surface area contributed by atoms with Gasteiger partial charge in [-0.3, -0.25) is 4.79 Å². The molecular formula is C17H18N2O. The molecule has 2 N–H and O–H groups in total. The first-order valence-electron chi connectivity index (χ1n) is 6.99. The molecule has 2 aromatic carbocycles. The zero-order chi connectivity index (χ0) is 13.9. The summed E-state index contributed by atoms with van der Waals surface area (Å²) >= 11 is 0. The molecule has 2 aromatic rings. The Hall–Kier alpha value is -2.29. The lowest BCUT2D eigenvalue weighted by Crippen LogP contribution is -2.27. The molecule has 20 heavy (non-hydrogen) atoms. The van der Waals surface area contributed by atoms with Crippen LogP contribution in [0.4, 0.5) is 5.69 Å². The van der Waals surface area contributed by atoms with Crippen LogP contribution >= 0.6 is 0 Å². The molecule has 0 unspecified atom stereocenters. The summed E-state index contributed by atoms with van der Waals surface area (Å²) in [5.41, 5.74) is 9.38. The number of hydrogen-bond acceptors (Lipinski definition) is 2. The van der Waals surface area contributed by atoms with Crippen LogP contribution in [-0.4, -0.2) is 23.9 Å². The number of anilines is 1. The highest BCUT2D eigenvalue weighted by Crippen LogP contribution is 2.23. The maximum absolute atomic E-state index is 12.4. The molecule has 3 nitrogen and oxygen atoms in total. The fourth-order valence-electron chi connectivity index (χ4n) is 2.65. The minimum atomic E-state index is 0.133. The van der Waals surface area contributed by atoms with E-state index in [9.17, 15) is 4.79 Å². The Morgan fingerprint density at radius 1 is 0.950 bits per heavy atom. The van der Waals surface area contributed by atoms with E-state index in [1.54, 1.807) is 0 Å². The molecule has 0 aromatic heterocycles. The number of nitrogens with two attached hydrogens (primary N) is 1. The normalized spacial score (nSPS) is 14.5. The highest BCUT2D eigenvalue weighted by molar-refractivity contribution is 5.95. The van der Waals surface area contributed by atoms with Crippen LogP contribution in [0.3, 0.4) is 0 Å². The number of hydrogen-bond donors (Lipinski definition) is 1. The van der Waals surface area contributed by atoms with Crippen molar-refractivity contribution >= 4 is 11.6 Å². The van der Waals surface area contributed by atoms with Gasteiger partial charge in [0, 0.05) is 24.3 Å². The molecular weight excluding hydrogens is 248 g/mol. The van der Waals surface area contributed by atoms with Gasteiger partial charge in [0.2, 0.25) is 0 Å². The predicted molar refractivity (Wildman–Crippen MR) is 81.4 cm³/mol. The molecule has 3 heteroatoms. The lowest BCUT2D eigenvalue weighted by atomic mass is 10.0. The largest absolute Gasteiger partial charge is 0.399 e. The lowest BCUT2D eigenvalue weighted by Gasteiger charge is -2.15. The van der Waals surface area contributed by atoms with Gasteiger partial charge in [0.05, 0.1) is 0 Å². The van der Waals surface area contributed by atoms with E-state index in [0.717, 1.165) is 48.3 Å². The van der Waals surface area contributed by atoms with Gasteiger partial charge in [0.15, 0.2) is 0 Å². The highest BCUT2D eigenvalue weighted by atomic mass is 16.2. The Balaban J connectivity index is 1.91. The van der Waals surface area contributed by atoms with Crippen LogP contribution < -0.4 is 5.73 Å². The lowest BCUT2D eigenvalue weighted by molar-refractivity contribution is 0.0793. The number of nitrogens with zero attached hydrogens (tertiary/aromatic N) is 1. The molecule has 1 aliphatic rings. The summed E-state index contributed by atoms with van der Waals surface area (Å²) in [6, 6.07) is 15.5. The van der Waals surface area contributed by atoms with Gasteiger partial charge in [-0.1, -0.05) is 24.3 Å². The Morgan fingerprint density at radius 2 is 1.60 bits per heavy atom. The first kappa shape index (κ1) is 12.7. The van der Waals surface area contributed by atoms with Crippen molar-refractivity contribution in [3.63, 3.8) is 0 Å². The third-order valence-electron chi connectivity index (χ3n) is 3.72. The third-order valence-corrected chi connectivity index (χ3v) is 3.72. The molecule has 1 heterocycles. The average Bonchev–Trinajstić information content (AvgIpc) is 3.01. The Kier molecular flexibility index (Phi) is 3.42. The van der Waals surface area contributed by atoms with E-state index in [4.69, 9.17) is 5.73 Å². The summed E-state index contributed by atoms with van der Waals surface area (Å²) in [6.07, 6.45) is 2.22. The van der Waals surface area contributed by atoms with Gasteiger partial charge in [0.25, 0.3) is 5.91 Å². The molecule has 0 saturated carbocycles. The zero-order valence-corrected chi connectivity index (χ0v) is 11.4.